The van der Waals surface area contributed by atoms with Crippen molar-refractivity contribution >= 4 is 40.7 Å². The van der Waals surface area contributed by atoms with Crippen molar-refractivity contribution in [1.29, 1.82) is 0 Å². The molecule has 43 heavy (non-hydrogen) atoms. The topological polar surface area (TPSA) is 115 Å². The lowest BCUT2D eigenvalue weighted by Gasteiger charge is -2.10. The zero-order chi connectivity index (χ0) is 30.3. The Balaban J connectivity index is 1.09. The summed E-state index contributed by atoms with van der Waals surface area (Å²) in [5, 5.41) is 13.1. The number of hydrazone groups is 1. The highest BCUT2D eigenvalue weighted by Crippen LogP contribution is 2.23. The zero-order valence-electron chi connectivity index (χ0n) is 23.4. The van der Waals surface area contributed by atoms with Crippen LogP contribution >= 0.6 is 22.6 Å². The molecule has 3 aromatic carbocycles. The van der Waals surface area contributed by atoms with Crippen LogP contribution < -0.4 is 14.9 Å². The average molecular weight is 690 g/mol. The molecule has 1 amide bonds. The molecule has 0 aliphatic carbocycles. The van der Waals surface area contributed by atoms with Gasteiger partial charge in [-0.15, -0.1) is 0 Å². The van der Waals surface area contributed by atoms with E-state index in [1.54, 1.807) is 36.4 Å². The Kier molecular flexibility index (Phi) is 9.26. The minimum Gasteiger partial charge on any atom is -0.488 e. The van der Waals surface area contributed by atoms with Gasteiger partial charge in [0.1, 0.15) is 30.5 Å². The number of benzene rings is 3. The van der Waals surface area contributed by atoms with E-state index in [-0.39, 0.29) is 17.9 Å². The molecule has 5 aromatic rings. The Labute approximate surface area is 261 Å². The second kappa shape index (κ2) is 13.4. The van der Waals surface area contributed by atoms with Crippen molar-refractivity contribution in [3.05, 3.63) is 134 Å². The van der Waals surface area contributed by atoms with Crippen molar-refractivity contribution < 1.29 is 28.6 Å². The number of hydrogen-bond donors (Lipinski definition) is 2. The number of furan rings is 1. The Morgan fingerprint density at radius 1 is 0.907 bits per heavy atom. The second-order valence-corrected chi connectivity index (χ2v) is 10.8. The molecule has 0 spiro atoms. The first kappa shape index (κ1) is 29.6. The van der Waals surface area contributed by atoms with Crippen LogP contribution in [-0.4, -0.2) is 27.8 Å². The van der Waals surface area contributed by atoms with Gasteiger partial charge in [-0.1, -0.05) is 12.1 Å². The standard InChI is InChI=1S/C33H28IN3O6/c1-21-3-4-22(2)37(21)26-10-12-27(13-11-26)41-20-28-14-16-31(43-28)32(38)36-35-18-24-7-15-30(29(34)17-24)42-19-23-5-8-25(9-6-23)33(39)40/h3-18H,19-20H2,1-2H3,(H,36,38)(H,39,40)/b35-18+. The molecule has 0 saturated carbocycles. The Bertz CT molecular complexity index is 1750. The third-order valence-electron chi connectivity index (χ3n) is 6.56. The molecule has 0 aliphatic rings. The highest BCUT2D eigenvalue weighted by Gasteiger charge is 2.12. The molecule has 0 unspecified atom stereocenters. The molecule has 2 N–H and O–H groups in total. The number of carbonyl (C=O) groups is 2. The molecule has 2 heterocycles. The van der Waals surface area contributed by atoms with E-state index >= 15 is 0 Å². The van der Waals surface area contributed by atoms with Gasteiger partial charge in [0.25, 0.3) is 0 Å². The summed E-state index contributed by atoms with van der Waals surface area (Å²) in [5.74, 6) is 0.562. The van der Waals surface area contributed by atoms with Gasteiger partial charge in [-0.25, -0.2) is 10.2 Å². The molecule has 0 atom stereocenters. The molecule has 2 aromatic heterocycles. The molecule has 5 rings (SSSR count). The number of aromatic nitrogens is 1. The van der Waals surface area contributed by atoms with Gasteiger partial charge in [-0.3, -0.25) is 4.79 Å². The van der Waals surface area contributed by atoms with Crippen LogP contribution in [-0.2, 0) is 13.2 Å². The van der Waals surface area contributed by atoms with E-state index in [0.29, 0.717) is 23.9 Å². The lowest BCUT2D eigenvalue weighted by molar-refractivity contribution is 0.0696. The minimum atomic E-state index is -0.967. The van der Waals surface area contributed by atoms with E-state index in [0.717, 1.165) is 31.8 Å². The van der Waals surface area contributed by atoms with Gasteiger partial charge in [-0.05, 0) is 126 Å². The Morgan fingerprint density at radius 3 is 2.30 bits per heavy atom. The van der Waals surface area contributed by atoms with Crippen LogP contribution in [0.25, 0.3) is 5.69 Å². The molecular weight excluding hydrogens is 661 g/mol. The van der Waals surface area contributed by atoms with Crippen molar-refractivity contribution in [2.75, 3.05) is 0 Å². The molecule has 0 radical (unpaired) electrons. The number of amides is 1. The number of aromatic carboxylic acids is 1. The maximum atomic E-state index is 12.5. The molecule has 9 nitrogen and oxygen atoms in total. The smallest absolute Gasteiger partial charge is 0.335 e. The molecule has 0 fully saturated rings. The van der Waals surface area contributed by atoms with Crippen molar-refractivity contribution in [3.63, 3.8) is 0 Å². The number of nitrogens with one attached hydrogen (secondary N) is 1. The maximum absolute atomic E-state index is 12.5. The number of rotatable bonds is 11. The van der Waals surface area contributed by atoms with E-state index in [1.165, 1.54) is 6.21 Å². The number of aryl methyl sites for hydroxylation is 2. The third kappa shape index (κ3) is 7.52. The van der Waals surface area contributed by atoms with Crippen LogP contribution in [0.4, 0.5) is 0 Å². The maximum Gasteiger partial charge on any atom is 0.335 e. The summed E-state index contributed by atoms with van der Waals surface area (Å²) < 4.78 is 20.4. The van der Waals surface area contributed by atoms with Crippen molar-refractivity contribution in [3.8, 4) is 17.2 Å². The first-order chi connectivity index (χ1) is 20.8. The first-order valence-electron chi connectivity index (χ1n) is 13.3. The van der Waals surface area contributed by atoms with Gasteiger partial charge >= 0.3 is 11.9 Å². The summed E-state index contributed by atoms with van der Waals surface area (Å²) in [4.78, 5) is 23.5. The summed E-state index contributed by atoms with van der Waals surface area (Å²) in [6, 6.07) is 27.3. The summed E-state index contributed by atoms with van der Waals surface area (Å²) in [5.41, 5.74) is 7.71. The molecule has 0 aliphatic heterocycles. The first-order valence-corrected chi connectivity index (χ1v) is 14.4. The summed E-state index contributed by atoms with van der Waals surface area (Å²) >= 11 is 2.16. The highest BCUT2D eigenvalue weighted by atomic mass is 127. The molecular formula is C33H28IN3O6. The van der Waals surface area contributed by atoms with Crippen LogP contribution in [0.2, 0.25) is 0 Å². The summed E-state index contributed by atoms with van der Waals surface area (Å²) in [6.45, 7) is 4.61. The number of carboxylic acids is 1. The molecule has 10 heteroatoms. The largest absolute Gasteiger partial charge is 0.488 e. The minimum absolute atomic E-state index is 0.124. The predicted molar refractivity (Wildman–Crippen MR) is 170 cm³/mol. The van der Waals surface area contributed by atoms with E-state index in [2.05, 4.69) is 63.7 Å². The van der Waals surface area contributed by atoms with Gasteiger partial charge in [0.15, 0.2) is 5.76 Å². The van der Waals surface area contributed by atoms with E-state index in [4.69, 9.17) is 19.0 Å². The van der Waals surface area contributed by atoms with Crippen molar-refractivity contribution in [2.45, 2.75) is 27.1 Å². The molecule has 218 valence electrons. The average Bonchev–Trinajstić information content (AvgIpc) is 3.62. The SMILES string of the molecule is Cc1ccc(C)n1-c1ccc(OCc2ccc(C(=O)N/N=C/c3ccc(OCc4ccc(C(=O)O)cc4)c(I)c3)o2)cc1. The molecule has 0 saturated heterocycles. The number of nitrogens with zero attached hydrogens (tertiary/aromatic N) is 2. The van der Waals surface area contributed by atoms with Gasteiger partial charge in [0.2, 0.25) is 0 Å². The van der Waals surface area contributed by atoms with Gasteiger partial charge in [0.05, 0.1) is 15.3 Å². The summed E-state index contributed by atoms with van der Waals surface area (Å²) in [6.07, 6.45) is 1.53. The zero-order valence-corrected chi connectivity index (χ0v) is 25.6. The Hall–Kier alpha value is -4.84. The summed E-state index contributed by atoms with van der Waals surface area (Å²) in [7, 11) is 0. The Morgan fingerprint density at radius 2 is 1.63 bits per heavy atom. The normalized spacial score (nSPS) is 11.0. The van der Waals surface area contributed by atoms with E-state index in [9.17, 15) is 9.59 Å². The fourth-order valence-corrected chi connectivity index (χ4v) is 5.03. The number of carboxylic acid groups (broad SMARTS) is 1. The lowest BCUT2D eigenvalue weighted by atomic mass is 10.1. The number of ether oxygens (including phenoxy) is 2. The van der Waals surface area contributed by atoms with E-state index < -0.39 is 11.9 Å². The van der Waals surface area contributed by atoms with Crippen LogP contribution in [0.1, 0.15) is 49.2 Å². The predicted octanol–water partition coefficient (Wildman–Crippen LogP) is 6.91. The van der Waals surface area contributed by atoms with Crippen LogP contribution in [0.3, 0.4) is 0 Å². The fraction of sp³-hybridized carbons (Fsp3) is 0.121. The highest BCUT2D eigenvalue weighted by molar-refractivity contribution is 14.1. The van der Waals surface area contributed by atoms with Gasteiger partial charge < -0.3 is 23.6 Å². The fourth-order valence-electron chi connectivity index (χ4n) is 4.34. The van der Waals surface area contributed by atoms with Crippen LogP contribution in [0, 0.1) is 17.4 Å². The van der Waals surface area contributed by atoms with Crippen molar-refractivity contribution in [2.24, 2.45) is 5.10 Å². The van der Waals surface area contributed by atoms with E-state index in [1.807, 2.05) is 42.5 Å². The van der Waals surface area contributed by atoms with Gasteiger partial charge in [-0.2, -0.15) is 5.10 Å². The lowest BCUT2D eigenvalue weighted by Crippen LogP contribution is -2.16. The van der Waals surface area contributed by atoms with Crippen LogP contribution in [0.5, 0.6) is 11.5 Å². The van der Waals surface area contributed by atoms with Gasteiger partial charge in [0, 0.05) is 17.1 Å². The quantitative estimate of drug-likeness (QED) is 0.0885. The third-order valence-corrected chi connectivity index (χ3v) is 7.41. The van der Waals surface area contributed by atoms with Crippen LogP contribution in [0.15, 0.2) is 101 Å². The number of hydrogen-bond acceptors (Lipinski definition) is 6. The second-order valence-electron chi connectivity index (χ2n) is 9.68. The monoisotopic (exact) mass is 689 g/mol. The number of halogens is 1. The van der Waals surface area contributed by atoms with Crippen molar-refractivity contribution in [1.82, 2.24) is 9.99 Å². The molecule has 0 bridgehead atoms. The number of carbonyl (C=O) groups excluding carboxylic acids is 1.